The molecule has 0 unspecified atom stereocenters. The summed E-state index contributed by atoms with van der Waals surface area (Å²) in [6.45, 7) is 9.58. The van der Waals surface area contributed by atoms with E-state index in [0.29, 0.717) is 41.2 Å². The molecule has 4 atom stereocenters. The second-order valence-electron chi connectivity index (χ2n) is 16.5. The number of nitrogens with zero attached hydrogens (tertiary/aromatic N) is 3. The molecular formula is C44H50N6O9S. The fourth-order valence-corrected chi connectivity index (χ4v) is 9.71. The lowest BCUT2D eigenvalue weighted by atomic mass is 9.81. The predicted octanol–water partition coefficient (Wildman–Crippen LogP) is 4.73. The molecule has 4 N–H and O–H groups in total. The van der Waals surface area contributed by atoms with Crippen LogP contribution in [0, 0.1) is 5.92 Å². The number of carboxylic acid groups (broad SMARTS) is 1. The minimum Gasteiger partial charge on any atom is -0.497 e. The zero-order valence-corrected chi connectivity index (χ0v) is 34.8. The van der Waals surface area contributed by atoms with E-state index in [1.165, 1.54) is 40.1 Å². The van der Waals surface area contributed by atoms with Crippen molar-refractivity contribution in [2.45, 2.75) is 80.1 Å². The van der Waals surface area contributed by atoms with Crippen molar-refractivity contribution in [1.82, 2.24) is 30.1 Å². The molecule has 60 heavy (non-hydrogen) atoms. The first-order valence-corrected chi connectivity index (χ1v) is 21.3. The maximum Gasteiger partial charge on any atom is 0.408 e. The first-order chi connectivity index (χ1) is 28.5. The van der Waals surface area contributed by atoms with Gasteiger partial charge in [0.25, 0.3) is 15.9 Å². The highest BCUT2D eigenvalue weighted by Crippen LogP contribution is 2.46. The van der Waals surface area contributed by atoms with Gasteiger partial charge in [0, 0.05) is 41.0 Å². The standard InChI is InChI=1S/C44H50N6O9S/c1-6-29-26-44(29,39(52)48-60(56,57)32-15-11-8-12-16-32)47-38(51)36-24-31(27-49(36)40(53)43(19-21-45-22-20-43)50(41(54)55)42(2,3)4)59-37-25-34(28-13-9-7-10-14-28)46-35-23-30(58-5)17-18-33(35)37/h6-18,23,25,29,31,36,45H,1,19-22,24,26-27H2,2-5H3,(H,47,51)(H,48,52)(H,54,55)/t29-,31-,36+,44-/m1/s1. The van der Waals surface area contributed by atoms with Crippen molar-refractivity contribution in [3.63, 3.8) is 0 Å². The number of fused-ring (bicyclic) bond motifs is 1. The highest BCUT2D eigenvalue weighted by Gasteiger charge is 2.62. The van der Waals surface area contributed by atoms with Crippen molar-refractivity contribution in [1.29, 1.82) is 0 Å². The van der Waals surface area contributed by atoms with Crippen LogP contribution in [-0.4, -0.2) is 108 Å². The van der Waals surface area contributed by atoms with Gasteiger partial charge in [-0.05, 0) is 77.4 Å². The summed E-state index contributed by atoms with van der Waals surface area (Å²) in [7, 11) is -2.75. The average Bonchev–Trinajstić information content (AvgIpc) is 3.79. The van der Waals surface area contributed by atoms with Crippen LogP contribution in [0.2, 0.25) is 0 Å². The number of likely N-dealkylation sites (tertiary alicyclic amines) is 1. The Balaban J connectivity index is 1.27. The van der Waals surface area contributed by atoms with E-state index in [0.717, 1.165) is 5.56 Å². The monoisotopic (exact) mass is 838 g/mol. The number of hydrogen-bond donors (Lipinski definition) is 4. The van der Waals surface area contributed by atoms with Gasteiger partial charge in [-0.15, -0.1) is 6.58 Å². The van der Waals surface area contributed by atoms with Crippen LogP contribution in [0.15, 0.2) is 102 Å². The Morgan fingerprint density at radius 3 is 2.27 bits per heavy atom. The lowest BCUT2D eigenvalue weighted by molar-refractivity contribution is -0.153. The van der Waals surface area contributed by atoms with Crippen LogP contribution in [0.25, 0.3) is 22.2 Å². The number of hydrogen-bond acceptors (Lipinski definition) is 10. The van der Waals surface area contributed by atoms with Crippen molar-refractivity contribution in [2.24, 2.45) is 5.92 Å². The minimum atomic E-state index is -4.31. The molecule has 1 aromatic heterocycles. The molecule has 15 nitrogen and oxygen atoms in total. The van der Waals surface area contributed by atoms with E-state index >= 15 is 4.79 Å². The number of pyridine rings is 1. The quantitative estimate of drug-likeness (QED) is 0.144. The van der Waals surface area contributed by atoms with Gasteiger partial charge in [0.15, 0.2) is 0 Å². The second-order valence-corrected chi connectivity index (χ2v) is 18.2. The number of nitrogens with one attached hydrogen (secondary N) is 3. The summed E-state index contributed by atoms with van der Waals surface area (Å²) >= 11 is 0. The highest BCUT2D eigenvalue weighted by atomic mass is 32.2. The second kappa shape index (κ2) is 16.2. The lowest BCUT2D eigenvalue weighted by Gasteiger charge is -2.51. The van der Waals surface area contributed by atoms with E-state index in [2.05, 4.69) is 21.9 Å². The van der Waals surface area contributed by atoms with Crippen molar-refractivity contribution in [3.05, 3.63) is 97.6 Å². The number of methoxy groups -OCH3 is 1. The molecule has 316 valence electrons. The number of sulfonamides is 1. The summed E-state index contributed by atoms with van der Waals surface area (Å²) in [5.74, 6) is -1.82. The smallest absolute Gasteiger partial charge is 0.408 e. The maximum atomic E-state index is 15.3. The van der Waals surface area contributed by atoms with Gasteiger partial charge in [-0.3, -0.25) is 19.3 Å². The Morgan fingerprint density at radius 2 is 1.67 bits per heavy atom. The Kier molecular flexibility index (Phi) is 11.4. The Morgan fingerprint density at radius 1 is 1.00 bits per heavy atom. The van der Waals surface area contributed by atoms with Gasteiger partial charge in [-0.1, -0.05) is 54.6 Å². The summed E-state index contributed by atoms with van der Waals surface area (Å²) in [6, 6.07) is 22.9. The molecule has 4 amide bonds. The average molecular weight is 839 g/mol. The van der Waals surface area contributed by atoms with E-state index in [1.54, 1.807) is 52.1 Å². The van der Waals surface area contributed by atoms with Gasteiger partial charge in [0.2, 0.25) is 11.8 Å². The van der Waals surface area contributed by atoms with Crippen molar-refractivity contribution >= 4 is 44.7 Å². The third-order valence-corrected chi connectivity index (χ3v) is 13.0. The fourth-order valence-electron chi connectivity index (χ4n) is 8.65. The summed E-state index contributed by atoms with van der Waals surface area (Å²) in [6.07, 6.45) is -0.264. The number of ether oxygens (including phenoxy) is 2. The molecule has 3 heterocycles. The fraction of sp³-hybridized carbons (Fsp3) is 0.386. The molecule has 1 saturated carbocycles. The summed E-state index contributed by atoms with van der Waals surface area (Å²) in [5, 5.41) is 17.4. The molecule has 16 heteroatoms. The number of carbonyl (C=O) groups is 4. The third kappa shape index (κ3) is 8.00. The molecule has 2 aliphatic heterocycles. The molecule has 4 aromatic rings. The van der Waals surface area contributed by atoms with Crippen molar-refractivity contribution in [2.75, 3.05) is 26.7 Å². The lowest BCUT2D eigenvalue weighted by Crippen LogP contribution is -2.70. The maximum absolute atomic E-state index is 15.3. The summed E-state index contributed by atoms with van der Waals surface area (Å²) < 4.78 is 40.9. The van der Waals surface area contributed by atoms with Crippen LogP contribution in [0.5, 0.6) is 11.5 Å². The van der Waals surface area contributed by atoms with Gasteiger partial charge in [0.1, 0.15) is 34.7 Å². The van der Waals surface area contributed by atoms with E-state index < -0.39 is 68.5 Å². The van der Waals surface area contributed by atoms with E-state index in [-0.39, 0.29) is 37.1 Å². The normalized spacial score (nSPS) is 22.3. The van der Waals surface area contributed by atoms with Gasteiger partial charge in [-0.25, -0.2) is 22.9 Å². The number of carbonyl (C=O) groups excluding carboxylic acids is 3. The summed E-state index contributed by atoms with van der Waals surface area (Å²) in [5.41, 5.74) is -2.20. The molecule has 0 bridgehead atoms. The van der Waals surface area contributed by atoms with Crippen LogP contribution >= 0.6 is 0 Å². The number of aromatic nitrogens is 1. The molecule has 3 aliphatic rings. The minimum absolute atomic E-state index is 0.0338. The van der Waals surface area contributed by atoms with Crippen LogP contribution in [0.1, 0.15) is 46.5 Å². The van der Waals surface area contributed by atoms with E-state index in [9.17, 15) is 27.9 Å². The molecular weight excluding hydrogens is 789 g/mol. The molecule has 3 aromatic carbocycles. The summed E-state index contributed by atoms with van der Waals surface area (Å²) in [4.78, 5) is 64.3. The zero-order valence-electron chi connectivity index (χ0n) is 34.0. The van der Waals surface area contributed by atoms with Gasteiger partial charge in [0.05, 0.1) is 29.8 Å². The number of piperidine rings is 1. The Labute approximate surface area is 349 Å². The first-order valence-electron chi connectivity index (χ1n) is 19.9. The topological polar surface area (TPSA) is 197 Å². The Bertz CT molecular complexity index is 2420. The van der Waals surface area contributed by atoms with Gasteiger partial charge < -0.3 is 30.1 Å². The van der Waals surface area contributed by atoms with Crippen molar-refractivity contribution < 1.29 is 42.2 Å². The molecule has 2 saturated heterocycles. The number of amides is 4. The van der Waals surface area contributed by atoms with Crippen LogP contribution < -0.4 is 24.8 Å². The molecule has 7 rings (SSSR count). The van der Waals surface area contributed by atoms with Crippen LogP contribution in [-0.2, 0) is 24.4 Å². The van der Waals surface area contributed by atoms with Crippen molar-refractivity contribution in [3.8, 4) is 22.8 Å². The predicted molar refractivity (Wildman–Crippen MR) is 224 cm³/mol. The highest BCUT2D eigenvalue weighted by molar-refractivity contribution is 7.90. The van der Waals surface area contributed by atoms with Gasteiger partial charge >= 0.3 is 6.09 Å². The molecule has 0 radical (unpaired) electrons. The van der Waals surface area contributed by atoms with Crippen LogP contribution in [0.4, 0.5) is 4.79 Å². The van der Waals surface area contributed by atoms with E-state index in [4.69, 9.17) is 14.5 Å². The number of rotatable bonds is 12. The molecule has 3 fully saturated rings. The first kappa shape index (κ1) is 42.1. The zero-order chi connectivity index (χ0) is 43.0. The largest absolute Gasteiger partial charge is 0.497 e. The number of benzene rings is 3. The third-order valence-electron chi connectivity index (χ3n) is 11.6. The van der Waals surface area contributed by atoms with Gasteiger partial charge in [-0.2, -0.15) is 0 Å². The Hall–Kier alpha value is -6.00. The van der Waals surface area contributed by atoms with E-state index in [1.807, 2.05) is 36.4 Å². The molecule has 0 spiro atoms. The molecule has 1 aliphatic carbocycles. The van der Waals surface area contributed by atoms with Crippen LogP contribution in [0.3, 0.4) is 0 Å². The SMILES string of the molecule is C=C[C@@H]1C[C@]1(NC(=O)[C@@H]1C[C@@H](Oc2cc(-c3ccccc3)nc3cc(OC)ccc23)CN1C(=O)C1(N(C(=O)O)C(C)(C)C)CCNCC1)C(=O)NS(=O)(=O)c1ccccc1.